The maximum atomic E-state index is 13.4. The molecule has 17 heavy (non-hydrogen) atoms. The predicted molar refractivity (Wildman–Crippen MR) is 68.6 cm³/mol. The lowest BCUT2D eigenvalue weighted by molar-refractivity contribution is 0.0852. The van der Waals surface area contributed by atoms with Crippen LogP contribution in [0.4, 0.5) is 4.39 Å². The molecule has 0 amide bonds. The van der Waals surface area contributed by atoms with Crippen LogP contribution in [0.3, 0.4) is 0 Å². The lowest BCUT2D eigenvalue weighted by Gasteiger charge is -2.24. The minimum Gasteiger partial charge on any atom is -0.380 e. The Morgan fingerprint density at radius 1 is 1.24 bits per heavy atom. The molecule has 96 valence electrons. The van der Waals surface area contributed by atoms with Crippen molar-refractivity contribution in [3.8, 4) is 0 Å². The van der Waals surface area contributed by atoms with E-state index < -0.39 is 0 Å². The normalized spacial score (nSPS) is 16.6. The van der Waals surface area contributed by atoms with E-state index in [1.807, 2.05) is 26.0 Å². The van der Waals surface area contributed by atoms with Crippen LogP contribution in [0.15, 0.2) is 18.2 Å². The molecule has 0 radical (unpaired) electrons. The van der Waals surface area contributed by atoms with Gasteiger partial charge in [-0.3, -0.25) is 0 Å². The summed E-state index contributed by atoms with van der Waals surface area (Å²) < 4.78 is 18.7. The number of aryl methyl sites for hydroxylation is 1. The van der Waals surface area contributed by atoms with Gasteiger partial charge in [-0.25, -0.2) is 4.39 Å². The van der Waals surface area contributed by atoms with Crippen LogP contribution in [0.1, 0.15) is 37.9 Å². The predicted octanol–water partition coefficient (Wildman–Crippen LogP) is 3.21. The first-order valence-electron chi connectivity index (χ1n) is 6.00. The molecule has 0 aromatic heterocycles. The Bertz CT molecular complexity index is 367. The van der Waals surface area contributed by atoms with Gasteiger partial charge in [-0.2, -0.15) is 0 Å². The van der Waals surface area contributed by atoms with E-state index in [4.69, 9.17) is 4.74 Å². The number of benzene rings is 1. The van der Waals surface area contributed by atoms with Crippen molar-refractivity contribution in [3.63, 3.8) is 0 Å². The van der Waals surface area contributed by atoms with Gasteiger partial charge in [-0.1, -0.05) is 12.1 Å². The summed E-state index contributed by atoms with van der Waals surface area (Å²) in [6, 6.07) is 5.70. The van der Waals surface area contributed by atoms with E-state index in [2.05, 4.69) is 12.2 Å². The topological polar surface area (TPSA) is 21.3 Å². The van der Waals surface area contributed by atoms with Gasteiger partial charge in [-0.05, 0) is 44.9 Å². The first-order valence-corrected chi connectivity index (χ1v) is 6.00. The highest BCUT2D eigenvalue weighted by Gasteiger charge is 2.15. The highest BCUT2D eigenvalue weighted by molar-refractivity contribution is 5.25. The first-order chi connectivity index (χ1) is 7.95. The number of rotatable bonds is 5. The second-order valence-electron chi connectivity index (χ2n) is 4.63. The summed E-state index contributed by atoms with van der Waals surface area (Å²) in [6.07, 6.45) is 0.132. The molecule has 2 nitrogen and oxygen atoms in total. The smallest absolute Gasteiger partial charge is 0.126 e. The minimum atomic E-state index is -0.149. The van der Waals surface area contributed by atoms with Crippen LogP contribution in [0, 0.1) is 12.7 Å². The van der Waals surface area contributed by atoms with Crippen molar-refractivity contribution in [2.75, 3.05) is 7.11 Å². The molecule has 0 spiro atoms. The molecule has 0 saturated heterocycles. The third kappa shape index (κ3) is 3.79. The third-order valence-corrected chi connectivity index (χ3v) is 3.28. The summed E-state index contributed by atoms with van der Waals surface area (Å²) in [5, 5.41) is 3.40. The Kier molecular flexibility index (Phi) is 5.09. The summed E-state index contributed by atoms with van der Waals surface area (Å²) in [7, 11) is 1.69. The summed E-state index contributed by atoms with van der Waals surface area (Å²) in [6.45, 7) is 7.88. The van der Waals surface area contributed by atoms with E-state index in [9.17, 15) is 4.39 Å². The summed E-state index contributed by atoms with van der Waals surface area (Å²) >= 11 is 0. The molecular formula is C14H22FNO. The van der Waals surface area contributed by atoms with Crippen molar-refractivity contribution in [1.82, 2.24) is 5.32 Å². The Balaban J connectivity index is 2.69. The number of ether oxygens (including phenoxy) is 1. The molecule has 1 aromatic carbocycles. The van der Waals surface area contributed by atoms with Gasteiger partial charge in [0.2, 0.25) is 0 Å². The van der Waals surface area contributed by atoms with Crippen LogP contribution in [0.5, 0.6) is 0 Å². The Morgan fingerprint density at radius 3 is 2.41 bits per heavy atom. The molecule has 0 fully saturated rings. The molecule has 3 atom stereocenters. The minimum absolute atomic E-state index is 0.109. The van der Waals surface area contributed by atoms with Gasteiger partial charge in [-0.15, -0.1) is 0 Å². The molecular weight excluding hydrogens is 217 g/mol. The Labute approximate surface area is 103 Å². The molecule has 3 unspecified atom stereocenters. The molecule has 1 N–H and O–H groups in total. The summed E-state index contributed by atoms with van der Waals surface area (Å²) in [5.41, 5.74) is 1.64. The standard InChI is InChI=1S/C14H22FNO/c1-9-6-7-13(8-14(9)15)11(3)16-10(2)12(4)17-5/h6-8,10-12,16H,1-5H3. The number of hydrogen-bond acceptors (Lipinski definition) is 2. The van der Waals surface area contributed by atoms with E-state index in [1.165, 1.54) is 0 Å². The number of hydrogen-bond donors (Lipinski definition) is 1. The highest BCUT2D eigenvalue weighted by Crippen LogP contribution is 2.17. The summed E-state index contributed by atoms with van der Waals surface area (Å²) in [4.78, 5) is 0. The lowest BCUT2D eigenvalue weighted by Crippen LogP contribution is -2.38. The van der Waals surface area contributed by atoms with Crippen molar-refractivity contribution < 1.29 is 9.13 Å². The van der Waals surface area contributed by atoms with Crippen LogP contribution in [-0.4, -0.2) is 19.3 Å². The van der Waals surface area contributed by atoms with Gasteiger partial charge in [0.05, 0.1) is 6.10 Å². The Morgan fingerprint density at radius 2 is 1.88 bits per heavy atom. The summed E-state index contributed by atoms with van der Waals surface area (Å²) in [5.74, 6) is -0.149. The van der Waals surface area contributed by atoms with Crippen molar-refractivity contribution in [2.24, 2.45) is 0 Å². The van der Waals surface area contributed by atoms with Crippen LogP contribution in [-0.2, 0) is 4.74 Å². The van der Waals surface area contributed by atoms with E-state index in [0.29, 0.717) is 5.56 Å². The highest BCUT2D eigenvalue weighted by atomic mass is 19.1. The molecule has 0 saturated carbocycles. The largest absolute Gasteiger partial charge is 0.380 e. The Hall–Kier alpha value is -0.930. The van der Waals surface area contributed by atoms with E-state index >= 15 is 0 Å². The van der Waals surface area contributed by atoms with Crippen LogP contribution in [0.2, 0.25) is 0 Å². The van der Waals surface area contributed by atoms with Gasteiger partial charge in [0.25, 0.3) is 0 Å². The number of methoxy groups -OCH3 is 1. The van der Waals surface area contributed by atoms with Crippen LogP contribution in [0.25, 0.3) is 0 Å². The van der Waals surface area contributed by atoms with Crippen molar-refractivity contribution >= 4 is 0 Å². The molecule has 0 aliphatic carbocycles. The molecule has 0 aliphatic heterocycles. The quantitative estimate of drug-likeness (QED) is 0.852. The van der Waals surface area contributed by atoms with Crippen molar-refractivity contribution in [3.05, 3.63) is 35.1 Å². The van der Waals surface area contributed by atoms with Crippen molar-refractivity contribution in [1.29, 1.82) is 0 Å². The van der Waals surface area contributed by atoms with E-state index in [0.717, 1.165) is 5.56 Å². The monoisotopic (exact) mass is 239 g/mol. The average Bonchev–Trinajstić information content (AvgIpc) is 2.31. The first kappa shape index (κ1) is 14.1. The second-order valence-corrected chi connectivity index (χ2v) is 4.63. The van der Waals surface area contributed by atoms with Gasteiger partial charge < -0.3 is 10.1 Å². The van der Waals surface area contributed by atoms with Crippen LogP contribution >= 0.6 is 0 Å². The van der Waals surface area contributed by atoms with Gasteiger partial charge in [0, 0.05) is 19.2 Å². The maximum absolute atomic E-state index is 13.4. The third-order valence-electron chi connectivity index (χ3n) is 3.28. The fraction of sp³-hybridized carbons (Fsp3) is 0.571. The zero-order chi connectivity index (χ0) is 13.0. The van der Waals surface area contributed by atoms with E-state index in [1.54, 1.807) is 20.1 Å². The van der Waals surface area contributed by atoms with Gasteiger partial charge in [0.1, 0.15) is 5.82 Å². The second kappa shape index (κ2) is 6.12. The zero-order valence-electron chi connectivity index (χ0n) is 11.3. The maximum Gasteiger partial charge on any atom is 0.126 e. The average molecular weight is 239 g/mol. The zero-order valence-corrected chi connectivity index (χ0v) is 11.3. The fourth-order valence-electron chi connectivity index (χ4n) is 1.71. The van der Waals surface area contributed by atoms with Gasteiger partial charge in [0.15, 0.2) is 0 Å². The molecule has 0 bridgehead atoms. The molecule has 0 aliphatic rings. The lowest BCUT2D eigenvalue weighted by atomic mass is 10.0. The SMILES string of the molecule is COC(C)C(C)NC(C)c1ccc(C)c(F)c1. The fourth-order valence-corrected chi connectivity index (χ4v) is 1.71. The molecule has 1 aromatic rings. The van der Waals surface area contributed by atoms with Gasteiger partial charge >= 0.3 is 0 Å². The van der Waals surface area contributed by atoms with E-state index in [-0.39, 0.29) is 24.0 Å². The van der Waals surface area contributed by atoms with Crippen LogP contribution < -0.4 is 5.32 Å². The number of nitrogens with one attached hydrogen (secondary N) is 1. The molecule has 1 rings (SSSR count). The molecule has 3 heteroatoms. The van der Waals surface area contributed by atoms with Crippen molar-refractivity contribution in [2.45, 2.75) is 45.9 Å². The number of halogens is 1. The molecule has 0 heterocycles.